The molecule has 1 aliphatic rings. The number of carboxylic acids is 1. The Labute approximate surface area is 121 Å². The molecule has 1 fully saturated rings. The number of aliphatic carboxylic acids is 1. The maximum atomic E-state index is 12.1. The van der Waals surface area contributed by atoms with Crippen LogP contribution in [0.2, 0.25) is 0 Å². The number of hydrogen-bond acceptors (Lipinski definition) is 4. The molecule has 0 aliphatic heterocycles. The molecule has 1 aromatic heterocycles. The summed E-state index contributed by atoms with van der Waals surface area (Å²) in [7, 11) is 1.62. The van der Waals surface area contributed by atoms with E-state index < -0.39 is 5.97 Å². The molecule has 6 heteroatoms. The molecule has 1 amide bonds. The van der Waals surface area contributed by atoms with E-state index in [9.17, 15) is 9.59 Å². The molecular weight excluding hydrogens is 278 g/mol. The van der Waals surface area contributed by atoms with Gasteiger partial charge in [-0.25, -0.2) is 0 Å². The zero-order valence-electron chi connectivity index (χ0n) is 11.4. The quantitative estimate of drug-likeness (QED) is 0.874. The smallest absolute Gasteiger partial charge is 0.306 e. The Morgan fingerprint density at radius 2 is 2.10 bits per heavy atom. The molecular formula is C14H19NO4S. The monoisotopic (exact) mass is 297 g/mol. The van der Waals surface area contributed by atoms with Gasteiger partial charge in [-0.3, -0.25) is 9.59 Å². The van der Waals surface area contributed by atoms with E-state index in [1.54, 1.807) is 7.11 Å². The van der Waals surface area contributed by atoms with Gasteiger partial charge in [0, 0.05) is 13.2 Å². The number of carboxylic acid groups (broad SMARTS) is 1. The van der Waals surface area contributed by atoms with Crippen LogP contribution in [0, 0.1) is 5.92 Å². The molecule has 110 valence electrons. The van der Waals surface area contributed by atoms with E-state index in [1.807, 2.05) is 11.4 Å². The van der Waals surface area contributed by atoms with Gasteiger partial charge >= 0.3 is 5.97 Å². The molecule has 0 saturated heterocycles. The van der Waals surface area contributed by atoms with Crippen molar-refractivity contribution in [3.63, 3.8) is 0 Å². The highest BCUT2D eigenvalue weighted by molar-refractivity contribution is 7.12. The minimum Gasteiger partial charge on any atom is -0.481 e. The second-order valence-electron chi connectivity index (χ2n) is 5.11. The highest BCUT2D eigenvalue weighted by Gasteiger charge is 2.27. The summed E-state index contributed by atoms with van der Waals surface area (Å²) in [6, 6.07) is 1.93. The van der Waals surface area contributed by atoms with Crippen LogP contribution in [0.5, 0.6) is 0 Å². The predicted octanol–water partition coefficient (Wildman–Crippen LogP) is 2.27. The number of hydrogen-bond donors (Lipinski definition) is 2. The SMILES string of the molecule is COCc1csc(C(=O)NC2CCC(C(=O)O)CC2)c1. The van der Waals surface area contributed by atoms with Crippen molar-refractivity contribution in [2.24, 2.45) is 5.92 Å². The molecule has 0 atom stereocenters. The number of carbonyl (C=O) groups excluding carboxylic acids is 1. The van der Waals surface area contributed by atoms with Crippen molar-refractivity contribution < 1.29 is 19.4 Å². The highest BCUT2D eigenvalue weighted by atomic mass is 32.1. The van der Waals surface area contributed by atoms with E-state index >= 15 is 0 Å². The third-order valence-corrected chi connectivity index (χ3v) is 4.58. The van der Waals surface area contributed by atoms with Crippen LogP contribution >= 0.6 is 11.3 Å². The minimum atomic E-state index is -0.725. The molecule has 1 heterocycles. The Bertz CT molecular complexity index is 477. The first-order valence-corrected chi connectivity index (χ1v) is 7.58. The van der Waals surface area contributed by atoms with Crippen LogP contribution in [0.1, 0.15) is 40.9 Å². The Kier molecular flexibility index (Phi) is 5.14. The largest absolute Gasteiger partial charge is 0.481 e. The molecule has 0 unspecified atom stereocenters. The number of rotatable bonds is 5. The van der Waals surface area contributed by atoms with Crippen molar-refractivity contribution in [2.45, 2.75) is 38.3 Å². The summed E-state index contributed by atoms with van der Waals surface area (Å²) in [5, 5.41) is 13.8. The zero-order valence-corrected chi connectivity index (χ0v) is 12.2. The van der Waals surface area contributed by atoms with Crippen molar-refractivity contribution in [2.75, 3.05) is 7.11 Å². The summed E-state index contributed by atoms with van der Waals surface area (Å²) in [5.74, 6) is -1.05. The van der Waals surface area contributed by atoms with Crippen LogP contribution < -0.4 is 5.32 Å². The summed E-state index contributed by atoms with van der Waals surface area (Å²) in [5.41, 5.74) is 0.997. The molecule has 1 aliphatic carbocycles. The maximum Gasteiger partial charge on any atom is 0.306 e. The first-order valence-electron chi connectivity index (χ1n) is 6.70. The fraction of sp³-hybridized carbons (Fsp3) is 0.571. The molecule has 20 heavy (non-hydrogen) atoms. The Balaban J connectivity index is 1.84. The summed E-state index contributed by atoms with van der Waals surface area (Å²) in [6.45, 7) is 0.507. The highest BCUT2D eigenvalue weighted by Crippen LogP contribution is 2.25. The van der Waals surface area contributed by atoms with E-state index in [0.29, 0.717) is 24.3 Å². The average molecular weight is 297 g/mol. The van der Waals surface area contributed by atoms with Crippen LogP contribution in [0.25, 0.3) is 0 Å². The molecule has 2 N–H and O–H groups in total. The number of methoxy groups -OCH3 is 1. The molecule has 1 aromatic rings. The second-order valence-corrected chi connectivity index (χ2v) is 6.02. The van der Waals surface area contributed by atoms with Crippen LogP contribution in [-0.4, -0.2) is 30.1 Å². The van der Waals surface area contributed by atoms with Gasteiger partial charge in [0.15, 0.2) is 0 Å². The Morgan fingerprint density at radius 3 is 2.70 bits per heavy atom. The van der Waals surface area contributed by atoms with Crippen molar-refractivity contribution in [3.8, 4) is 0 Å². The fourth-order valence-corrected chi connectivity index (χ4v) is 3.28. The predicted molar refractivity (Wildman–Crippen MR) is 75.9 cm³/mol. The molecule has 5 nitrogen and oxygen atoms in total. The minimum absolute atomic E-state index is 0.0730. The summed E-state index contributed by atoms with van der Waals surface area (Å²) < 4.78 is 5.02. The van der Waals surface area contributed by atoms with Crippen molar-refractivity contribution in [1.82, 2.24) is 5.32 Å². The second kappa shape index (κ2) is 6.85. The topological polar surface area (TPSA) is 75.6 Å². The Morgan fingerprint density at radius 1 is 1.40 bits per heavy atom. The first-order chi connectivity index (χ1) is 9.60. The fourth-order valence-electron chi connectivity index (χ4n) is 2.48. The first kappa shape index (κ1) is 15.0. The molecule has 0 spiro atoms. The van der Waals surface area contributed by atoms with Gasteiger partial charge in [0.05, 0.1) is 17.4 Å². The number of thiophene rings is 1. The summed E-state index contributed by atoms with van der Waals surface area (Å²) in [6.07, 6.45) is 2.75. The zero-order chi connectivity index (χ0) is 14.5. The molecule has 2 rings (SSSR count). The number of amides is 1. The molecule has 0 aromatic carbocycles. The van der Waals surface area contributed by atoms with Crippen molar-refractivity contribution >= 4 is 23.2 Å². The van der Waals surface area contributed by atoms with Gasteiger partial charge in [-0.2, -0.15) is 0 Å². The normalized spacial score (nSPS) is 22.4. The van der Waals surface area contributed by atoms with E-state index in [4.69, 9.17) is 9.84 Å². The van der Waals surface area contributed by atoms with Crippen LogP contribution in [0.15, 0.2) is 11.4 Å². The van der Waals surface area contributed by atoms with Crippen LogP contribution in [-0.2, 0) is 16.1 Å². The van der Waals surface area contributed by atoms with Crippen molar-refractivity contribution in [1.29, 1.82) is 0 Å². The molecule has 0 bridgehead atoms. The Hall–Kier alpha value is -1.40. The van der Waals surface area contributed by atoms with Gasteiger partial charge in [-0.05, 0) is 42.7 Å². The molecule has 0 radical (unpaired) electrons. The lowest BCUT2D eigenvalue weighted by Gasteiger charge is -2.26. The third-order valence-electron chi connectivity index (χ3n) is 3.60. The van der Waals surface area contributed by atoms with Crippen molar-refractivity contribution in [3.05, 3.63) is 21.9 Å². The van der Waals surface area contributed by atoms with Gasteiger partial charge in [-0.1, -0.05) is 0 Å². The van der Waals surface area contributed by atoms with E-state index in [2.05, 4.69) is 5.32 Å². The number of ether oxygens (including phenoxy) is 1. The van der Waals surface area contributed by atoms with Gasteiger partial charge in [-0.15, -0.1) is 11.3 Å². The van der Waals surface area contributed by atoms with E-state index in [1.165, 1.54) is 11.3 Å². The van der Waals surface area contributed by atoms with E-state index in [-0.39, 0.29) is 17.9 Å². The lowest BCUT2D eigenvalue weighted by atomic mass is 9.86. The lowest BCUT2D eigenvalue weighted by molar-refractivity contribution is -0.142. The lowest BCUT2D eigenvalue weighted by Crippen LogP contribution is -2.38. The van der Waals surface area contributed by atoms with Gasteiger partial charge in [0.25, 0.3) is 5.91 Å². The van der Waals surface area contributed by atoms with E-state index in [0.717, 1.165) is 18.4 Å². The van der Waals surface area contributed by atoms with Gasteiger partial charge in [0.1, 0.15) is 0 Å². The van der Waals surface area contributed by atoms with Crippen LogP contribution in [0.4, 0.5) is 0 Å². The van der Waals surface area contributed by atoms with Crippen LogP contribution in [0.3, 0.4) is 0 Å². The van der Waals surface area contributed by atoms with Gasteiger partial charge < -0.3 is 15.2 Å². The maximum absolute atomic E-state index is 12.1. The average Bonchev–Trinajstić information content (AvgIpc) is 2.88. The third kappa shape index (κ3) is 3.80. The number of carbonyl (C=O) groups is 2. The number of nitrogens with one attached hydrogen (secondary N) is 1. The standard InChI is InChI=1S/C14H19NO4S/c1-19-7-9-6-12(20-8-9)13(16)15-11-4-2-10(3-5-11)14(17)18/h6,8,10-11H,2-5,7H2,1H3,(H,15,16)(H,17,18). The van der Waals surface area contributed by atoms with Gasteiger partial charge in [0.2, 0.25) is 0 Å². The summed E-state index contributed by atoms with van der Waals surface area (Å²) >= 11 is 1.41. The molecule has 1 saturated carbocycles. The summed E-state index contributed by atoms with van der Waals surface area (Å²) in [4.78, 5) is 23.6.